The van der Waals surface area contributed by atoms with E-state index in [4.69, 9.17) is 29.4 Å². The third-order valence-corrected chi connectivity index (χ3v) is 19.3. The minimum atomic E-state index is 0.709. The highest BCUT2D eigenvalue weighted by atomic mass is 16.5. The van der Waals surface area contributed by atoms with Gasteiger partial charge in [0.1, 0.15) is 11.5 Å². The van der Waals surface area contributed by atoms with Crippen LogP contribution in [0.25, 0.3) is 171 Å². The SMILES string of the molecule is CCCCCCNc1c2nc(c(-c3ccc(C)cc3)c3ccc([nH]3)c(-c3ccc(OC)cc3)c3nc(c(-c4ccc(C)cc4)c4cc(-c5c6nc(c(-c7ccc(C)cc7)c7ccc([nH]7)c(-c7ccc(OC)cc7)c7nc(c(-c8ccc(C)cc8)c8ccc5[nH]8)C=C7)C=C6)c1[nH]4)C=C3)C=C2. The Labute approximate surface area is 576 Å². The van der Waals surface area contributed by atoms with Gasteiger partial charge in [-0.1, -0.05) is 170 Å². The molecule has 12 aromatic rings. The fourth-order valence-corrected chi connectivity index (χ4v) is 14.1. The Bertz CT molecular complexity index is 5600. The van der Waals surface area contributed by atoms with Crippen LogP contribution in [-0.4, -0.2) is 60.6 Å². The third kappa shape index (κ3) is 11.9. The van der Waals surface area contributed by atoms with E-state index >= 15 is 0 Å². The molecule has 0 fully saturated rings. The number of fused-ring (bicyclic) bond motifs is 16. The van der Waals surface area contributed by atoms with Gasteiger partial charge in [0.2, 0.25) is 0 Å². The van der Waals surface area contributed by atoms with Crippen molar-refractivity contribution in [1.29, 1.82) is 0 Å². The summed E-state index contributed by atoms with van der Waals surface area (Å²) in [5.41, 5.74) is 32.8. The molecule has 0 aliphatic carbocycles. The molecule has 16 rings (SSSR count). The summed E-state index contributed by atoms with van der Waals surface area (Å²) in [7, 11) is 3.40. The first-order chi connectivity index (χ1) is 48.5. The molecule has 484 valence electrons. The number of H-pyrrole nitrogens is 4. The minimum absolute atomic E-state index is 0.709. The fourth-order valence-electron chi connectivity index (χ4n) is 14.1. The van der Waals surface area contributed by atoms with Gasteiger partial charge in [0.05, 0.1) is 71.0 Å². The zero-order valence-corrected chi connectivity index (χ0v) is 56.7. The van der Waals surface area contributed by atoms with E-state index in [-0.39, 0.29) is 0 Å². The van der Waals surface area contributed by atoms with E-state index in [1.807, 2.05) is 24.3 Å². The van der Waals surface area contributed by atoms with E-state index in [1.54, 1.807) is 14.2 Å². The summed E-state index contributed by atoms with van der Waals surface area (Å²) in [5, 5.41) is 4.09. The Balaban J connectivity index is 1.09. The first-order valence-corrected chi connectivity index (χ1v) is 34.2. The number of nitrogens with one attached hydrogen (secondary N) is 5. The number of ether oxygens (including phenoxy) is 2. The van der Waals surface area contributed by atoms with Gasteiger partial charge in [-0.05, 0) is 183 Å². The Hall–Kier alpha value is -12.1. The predicted octanol–water partition coefficient (Wildman–Crippen LogP) is 22.5. The lowest BCUT2D eigenvalue weighted by Gasteiger charge is -2.11. The molecule has 6 aromatic carbocycles. The topological polar surface area (TPSA) is 145 Å². The summed E-state index contributed by atoms with van der Waals surface area (Å²) in [6.45, 7) is 11.5. The average molecular weight is 1290 g/mol. The molecule has 0 atom stereocenters. The van der Waals surface area contributed by atoms with E-state index in [0.717, 1.165) is 216 Å². The number of methoxy groups -OCH3 is 2. The van der Waals surface area contributed by atoms with E-state index in [9.17, 15) is 0 Å². The number of hydrogen-bond acceptors (Lipinski definition) is 7. The van der Waals surface area contributed by atoms with Crippen molar-refractivity contribution >= 4 is 98.4 Å². The molecule has 4 aliphatic rings. The number of aromatic amines is 4. The monoisotopic (exact) mass is 1290 g/mol. The number of aryl methyl sites for hydroxylation is 4. The second-order valence-corrected chi connectivity index (χ2v) is 26.1. The highest BCUT2D eigenvalue weighted by Gasteiger charge is 2.25. The first kappa shape index (κ1) is 61.8. The van der Waals surface area contributed by atoms with E-state index < -0.39 is 0 Å². The molecule has 0 spiro atoms. The van der Waals surface area contributed by atoms with Crippen LogP contribution in [0.2, 0.25) is 0 Å². The molecule has 4 aliphatic heterocycles. The van der Waals surface area contributed by atoms with Crippen LogP contribution in [0.15, 0.2) is 188 Å². The Morgan fingerprint density at radius 1 is 0.303 bits per heavy atom. The first-order valence-electron chi connectivity index (χ1n) is 34.2. The summed E-state index contributed by atoms with van der Waals surface area (Å²) in [6.07, 6.45) is 21.6. The largest absolute Gasteiger partial charge is 0.497 e. The van der Waals surface area contributed by atoms with Crippen molar-refractivity contribution in [3.8, 4) is 89.4 Å². The van der Waals surface area contributed by atoms with E-state index in [2.05, 4.69) is 272 Å². The van der Waals surface area contributed by atoms with Gasteiger partial charge >= 0.3 is 0 Å². The molecule has 16 bridgehead atoms. The quantitative estimate of drug-likeness (QED) is 0.0643. The molecule has 0 unspecified atom stereocenters. The Kier molecular flexibility index (Phi) is 16.3. The maximum Gasteiger partial charge on any atom is 0.118 e. The van der Waals surface area contributed by atoms with Crippen LogP contribution in [-0.2, 0) is 0 Å². The lowest BCUT2D eigenvalue weighted by molar-refractivity contribution is 0.415. The second kappa shape index (κ2) is 26.2. The van der Waals surface area contributed by atoms with Crippen LogP contribution in [0, 0.1) is 27.7 Å². The summed E-state index contributed by atoms with van der Waals surface area (Å²) in [5.74, 6) is 1.55. The number of benzene rings is 6. The lowest BCUT2D eigenvalue weighted by Crippen LogP contribution is -2.04. The summed E-state index contributed by atoms with van der Waals surface area (Å²) >= 11 is 0. The number of anilines is 1. The maximum absolute atomic E-state index is 5.89. The van der Waals surface area contributed by atoms with Gasteiger partial charge in [0.25, 0.3) is 0 Å². The van der Waals surface area contributed by atoms with Crippen molar-refractivity contribution in [3.05, 3.63) is 256 Å². The number of hydrogen-bond donors (Lipinski definition) is 5. The van der Waals surface area contributed by atoms with Crippen molar-refractivity contribution < 1.29 is 9.47 Å². The zero-order chi connectivity index (χ0) is 67.3. The number of nitrogens with zero attached hydrogens (tertiary/aromatic N) is 4. The van der Waals surface area contributed by atoms with Gasteiger partial charge in [-0.15, -0.1) is 0 Å². The summed E-state index contributed by atoms with van der Waals surface area (Å²) in [6, 6.07) is 67.0. The van der Waals surface area contributed by atoms with Gasteiger partial charge in [-0.2, -0.15) is 0 Å². The molecule has 0 saturated heterocycles. The Morgan fingerprint density at radius 2 is 0.586 bits per heavy atom. The minimum Gasteiger partial charge on any atom is -0.497 e. The maximum atomic E-state index is 5.89. The second-order valence-electron chi connectivity index (χ2n) is 26.1. The van der Waals surface area contributed by atoms with Crippen molar-refractivity contribution in [1.82, 2.24) is 39.9 Å². The molecule has 11 heteroatoms. The predicted molar refractivity (Wildman–Crippen MR) is 414 cm³/mol. The molecule has 10 heterocycles. The standard InChI is InChI=1S/C88H75N9O2/c1-8-9-10-11-50-89-88-78-49-48-74(96-78)82(58-24-16-54(4)17-25-58)67-38-41-70(92-67)84(61-30-34-63(99-7)35-31-61)71-42-43-75(93-71)85(59-26-18-55(5)19-27-59)79-51-64(87(88)97-79)86-76-46-44-72(94-76)80(56-20-12-52(2)13-21-56)65-36-39-68(90-65)83(60-28-32-62(98-6)33-29-60)69-40-37-66(91-69)81(73-45-47-77(86)95-73)57-22-14-53(3)15-23-57/h12-49,51,89-90,92,95,97H,8-11,50H2,1-7H3. The fraction of sp³-hybridized carbons (Fsp3) is 0.136. The molecule has 6 aromatic heterocycles. The lowest BCUT2D eigenvalue weighted by atomic mass is 10.0. The highest BCUT2D eigenvalue weighted by Crippen LogP contribution is 2.45. The summed E-state index contributed by atoms with van der Waals surface area (Å²) in [4.78, 5) is 39.3. The van der Waals surface area contributed by atoms with Crippen molar-refractivity contribution in [2.24, 2.45) is 0 Å². The molecule has 0 amide bonds. The van der Waals surface area contributed by atoms with E-state index in [1.165, 1.54) is 16.7 Å². The summed E-state index contributed by atoms with van der Waals surface area (Å²) < 4.78 is 11.4. The smallest absolute Gasteiger partial charge is 0.118 e. The molecule has 5 N–H and O–H groups in total. The third-order valence-electron chi connectivity index (χ3n) is 19.3. The molecule has 0 radical (unpaired) electrons. The van der Waals surface area contributed by atoms with Crippen LogP contribution >= 0.6 is 0 Å². The molecule has 0 saturated carbocycles. The zero-order valence-electron chi connectivity index (χ0n) is 56.7. The van der Waals surface area contributed by atoms with Crippen molar-refractivity contribution in [3.63, 3.8) is 0 Å². The van der Waals surface area contributed by atoms with Crippen molar-refractivity contribution in [2.75, 3.05) is 26.1 Å². The molecule has 99 heavy (non-hydrogen) atoms. The highest BCUT2D eigenvalue weighted by molar-refractivity contribution is 6.08. The van der Waals surface area contributed by atoms with Crippen LogP contribution in [0.5, 0.6) is 11.5 Å². The average Bonchev–Trinajstić information content (AvgIpc) is 1.60. The Morgan fingerprint density at radius 3 is 0.909 bits per heavy atom. The van der Waals surface area contributed by atoms with Gasteiger partial charge in [0, 0.05) is 89.7 Å². The van der Waals surface area contributed by atoms with Gasteiger partial charge in [-0.25, -0.2) is 19.9 Å². The molecule has 11 nitrogen and oxygen atoms in total. The molecular weight excluding hydrogens is 1220 g/mol. The van der Waals surface area contributed by atoms with Crippen LogP contribution in [0.1, 0.15) is 100 Å². The van der Waals surface area contributed by atoms with Crippen molar-refractivity contribution in [2.45, 2.75) is 60.3 Å². The van der Waals surface area contributed by atoms with E-state index in [0.29, 0.717) is 6.54 Å². The number of unbranched alkanes of at least 4 members (excludes halogenated alkanes) is 3. The van der Waals surface area contributed by atoms with Gasteiger partial charge < -0.3 is 34.7 Å². The van der Waals surface area contributed by atoms with Crippen LogP contribution < -0.4 is 14.8 Å². The van der Waals surface area contributed by atoms with Crippen LogP contribution in [0.3, 0.4) is 0 Å². The number of rotatable bonds is 15. The van der Waals surface area contributed by atoms with Crippen LogP contribution in [0.4, 0.5) is 5.69 Å². The van der Waals surface area contributed by atoms with Gasteiger partial charge in [-0.3, -0.25) is 0 Å². The number of aromatic nitrogens is 8. The normalized spacial score (nSPS) is 12.2. The van der Waals surface area contributed by atoms with Gasteiger partial charge in [0.15, 0.2) is 0 Å². The molecular formula is C88H75N9O2.